The second-order valence-corrected chi connectivity index (χ2v) is 11.1. The lowest BCUT2D eigenvalue weighted by atomic mass is 9.67. The highest BCUT2D eigenvalue weighted by Crippen LogP contribution is 2.52. The molecule has 0 saturated heterocycles. The molecular weight excluding hydrogens is 450 g/mol. The van der Waals surface area contributed by atoms with Crippen LogP contribution in [0.2, 0.25) is 0 Å². The molecular formula is C20H25F4N5O2S. The Morgan fingerprint density at radius 3 is 2.53 bits per heavy atom. The van der Waals surface area contributed by atoms with E-state index in [9.17, 15) is 26.6 Å². The third-order valence-electron chi connectivity index (χ3n) is 5.45. The number of halogens is 4. The van der Waals surface area contributed by atoms with E-state index in [1.54, 1.807) is 6.92 Å². The van der Waals surface area contributed by atoms with Crippen LogP contribution in [-0.2, 0) is 22.2 Å². The van der Waals surface area contributed by atoms with Crippen molar-refractivity contribution in [3.8, 4) is 0 Å². The molecule has 0 spiro atoms. The lowest BCUT2D eigenvalue weighted by molar-refractivity contribution is -0.160. The SMILES string of the molecule is CN=S(C)(=O)c1cc(NC(=O)c2c(C)c(C(C)(F)F)nn2CC2(C)CC(F)(F)C2)ccn1. The Hall–Kier alpha value is -2.50. The first-order valence-corrected chi connectivity index (χ1v) is 11.7. The van der Waals surface area contributed by atoms with Gasteiger partial charge in [-0.2, -0.15) is 13.9 Å². The van der Waals surface area contributed by atoms with Crippen LogP contribution in [0.4, 0.5) is 23.2 Å². The highest BCUT2D eigenvalue weighted by atomic mass is 32.2. The number of aromatic nitrogens is 3. The monoisotopic (exact) mass is 475 g/mol. The van der Waals surface area contributed by atoms with Crippen molar-refractivity contribution in [2.75, 3.05) is 18.6 Å². The molecule has 1 atom stereocenters. The first kappa shape index (κ1) is 24.1. The summed E-state index contributed by atoms with van der Waals surface area (Å²) < 4.78 is 72.4. The normalized spacial score (nSPS) is 19.0. The topological polar surface area (TPSA) is 89.2 Å². The molecule has 2 aromatic rings. The van der Waals surface area contributed by atoms with E-state index in [0.717, 1.165) is 4.68 Å². The van der Waals surface area contributed by atoms with Crippen LogP contribution < -0.4 is 5.32 Å². The maximum absolute atomic E-state index is 14.1. The van der Waals surface area contributed by atoms with E-state index in [2.05, 4.69) is 19.8 Å². The maximum Gasteiger partial charge on any atom is 0.289 e. The van der Waals surface area contributed by atoms with Gasteiger partial charge in [-0.25, -0.2) is 22.3 Å². The van der Waals surface area contributed by atoms with Gasteiger partial charge in [0.05, 0.1) is 9.73 Å². The summed E-state index contributed by atoms with van der Waals surface area (Å²) in [5.41, 5.74) is -1.42. The van der Waals surface area contributed by atoms with Gasteiger partial charge in [0, 0.05) is 57.1 Å². The van der Waals surface area contributed by atoms with Crippen LogP contribution in [0.5, 0.6) is 0 Å². The van der Waals surface area contributed by atoms with Crippen molar-refractivity contribution in [2.24, 2.45) is 9.78 Å². The maximum atomic E-state index is 14.1. The predicted molar refractivity (Wildman–Crippen MR) is 112 cm³/mol. The smallest absolute Gasteiger partial charge is 0.289 e. The first-order chi connectivity index (χ1) is 14.6. The molecule has 0 bridgehead atoms. The van der Waals surface area contributed by atoms with Gasteiger partial charge >= 0.3 is 0 Å². The lowest BCUT2D eigenvalue weighted by Gasteiger charge is -2.44. The minimum absolute atomic E-state index is 0.0400. The summed E-state index contributed by atoms with van der Waals surface area (Å²) in [6, 6.07) is 2.83. The van der Waals surface area contributed by atoms with E-state index in [-0.39, 0.29) is 28.5 Å². The molecule has 1 unspecified atom stereocenters. The van der Waals surface area contributed by atoms with Gasteiger partial charge in [0.15, 0.2) is 0 Å². The van der Waals surface area contributed by atoms with E-state index < -0.39 is 51.4 Å². The summed E-state index contributed by atoms with van der Waals surface area (Å²) in [4.78, 5) is 17.1. The fourth-order valence-corrected chi connectivity index (χ4v) is 4.81. The summed E-state index contributed by atoms with van der Waals surface area (Å²) in [6.45, 7) is 3.50. The van der Waals surface area contributed by atoms with Crippen molar-refractivity contribution in [2.45, 2.75) is 57.0 Å². The minimum Gasteiger partial charge on any atom is -0.321 e. The molecule has 1 N–H and O–H groups in total. The summed E-state index contributed by atoms with van der Waals surface area (Å²) in [5.74, 6) is -6.88. The molecule has 7 nitrogen and oxygen atoms in total. The minimum atomic E-state index is -3.32. The number of carbonyl (C=O) groups is 1. The zero-order valence-corrected chi connectivity index (χ0v) is 19.2. The van der Waals surface area contributed by atoms with E-state index in [0.29, 0.717) is 6.92 Å². The van der Waals surface area contributed by atoms with Gasteiger partial charge in [0.2, 0.25) is 5.92 Å². The van der Waals surface area contributed by atoms with Gasteiger partial charge in [-0.05, 0) is 24.5 Å². The molecule has 176 valence electrons. The molecule has 32 heavy (non-hydrogen) atoms. The first-order valence-electron chi connectivity index (χ1n) is 9.78. The van der Waals surface area contributed by atoms with Crippen LogP contribution in [-0.4, -0.2) is 44.1 Å². The van der Waals surface area contributed by atoms with Crippen molar-refractivity contribution in [1.29, 1.82) is 0 Å². The molecule has 0 aromatic carbocycles. The molecule has 1 amide bonds. The highest BCUT2D eigenvalue weighted by molar-refractivity contribution is 7.92. The van der Waals surface area contributed by atoms with Crippen molar-refractivity contribution in [3.05, 3.63) is 35.3 Å². The number of rotatable bonds is 6. The second kappa shape index (κ2) is 7.82. The van der Waals surface area contributed by atoms with Gasteiger partial charge in [0.25, 0.3) is 11.8 Å². The van der Waals surface area contributed by atoms with Gasteiger partial charge in [-0.1, -0.05) is 6.92 Å². The molecule has 0 aliphatic heterocycles. The summed E-state index contributed by atoms with van der Waals surface area (Å²) in [7, 11) is -1.38. The fraction of sp³-hybridized carbons (Fsp3) is 0.550. The predicted octanol–water partition coefficient (Wildman–Crippen LogP) is 4.47. The number of hydrogen-bond acceptors (Lipinski definition) is 5. The molecule has 1 fully saturated rings. The number of nitrogens with zero attached hydrogens (tertiary/aromatic N) is 4. The fourth-order valence-electron chi connectivity index (χ4n) is 4.02. The van der Waals surface area contributed by atoms with Crippen molar-refractivity contribution in [3.63, 3.8) is 0 Å². The molecule has 1 aliphatic rings. The van der Waals surface area contributed by atoms with Crippen LogP contribution in [0.3, 0.4) is 0 Å². The van der Waals surface area contributed by atoms with Crippen molar-refractivity contribution in [1.82, 2.24) is 14.8 Å². The van der Waals surface area contributed by atoms with E-state index >= 15 is 0 Å². The van der Waals surface area contributed by atoms with Gasteiger partial charge in [-0.15, -0.1) is 0 Å². The number of amides is 1. The Bertz CT molecular complexity index is 1170. The molecule has 1 saturated carbocycles. The zero-order valence-electron chi connectivity index (χ0n) is 18.4. The Labute approximate surface area is 183 Å². The van der Waals surface area contributed by atoms with Crippen LogP contribution in [0.15, 0.2) is 27.7 Å². The Kier molecular flexibility index (Phi) is 5.90. The second-order valence-electron chi connectivity index (χ2n) is 8.71. The van der Waals surface area contributed by atoms with Crippen LogP contribution in [0, 0.1) is 12.3 Å². The standard InChI is InChI=1S/C20H25F4N5O2S/c1-12-15(17(30)27-13-6-7-26-14(8-13)32(5,31)25-4)29(28-16(12)19(3,21)22)11-18(2)9-20(23,24)10-18/h6-8H,9-11H2,1-5H3,(H,26,27,30). The average molecular weight is 476 g/mol. The molecule has 2 aromatic heterocycles. The quantitative estimate of drug-likeness (QED) is 0.625. The van der Waals surface area contributed by atoms with Crippen LogP contribution >= 0.6 is 0 Å². The zero-order chi connectivity index (χ0) is 24.1. The molecule has 3 rings (SSSR count). The van der Waals surface area contributed by atoms with Gasteiger partial charge in [-0.3, -0.25) is 9.48 Å². The largest absolute Gasteiger partial charge is 0.321 e. The Morgan fingerprint density at radius 2 is 2.00 bits per heavy atom. The van der Waals surface area contributed by atoms with Crippen LogP contribution in [0.1, 0.15) is 48.4 Å². The van der Waals surface area contributed by atoms with Gasteiger partial charge in [0.1, 0.15) is 16.4 Å². The van der Waals surface area contributed by atoms with Crippen molar-refractivity contribution < 1.29 is 26.6 Å². The Balaban J connectivity index is 1.98. The number of hydrogen-bond donors (Lipinski definition) is 1. The summed E-state index contributed by atoms with van der Waals surface area (Å²) >= 11 is 0. The molecule has 0 radical (unpaired) electrons. The van der Waals surface area contributed by atoms with Crippen molar-refractivity contribution >= 4 is 21.3 Å². The number of nitrogens with one attached hydrogen (secondary N) is 1. The third-order valence-corrected chi connectivity index (χ3v) is 7.15. The summed E-state index contributed by atoms with van der Waals surface area (Å²) in [5, 5.41) is 6.64. The number of pyridine rings is 1. The average Bonchev–Trinajstić information content (AvgIpc) is 2.96. The number of anilines is 1. The van der Waals surface area contributed by atoms with Gasteiger partial charge < -0.3 is 5.32 Å². The van der Waals surface area contributed by atoms with Crippen LogP contribution in [0.25, 0.3) is 0 Å². The number of alkyl halides is 4. The van der Waals surface area contributed by atoms with E-state index in [1.807, 2.05) is 0 Å². The van der Waals surface area contributed by atoms with E-state index in [4.69, 9.17) is 0 Å². The Morgan fingerprint density at radius 1 is 1.38 bits per heavy atom. The van der Waals surface area contributed by atoms with E-state index in [1.165, 1.54) is 38.6 Å². The molecule has 2 heterocycles. The number of carbonyl (C=O) groups excluding carboxylic acids is 1. The molecule has 1 aliphatic carbocycles. The third kappa shape index (κ3) is 4.79. The highest BCUT2D eigenvalue weighted by Gasteiger charge is 2.54. The molecule has 12 heteroatoms. The lowest BCUT2D eigenvalue weighted by Crippen LogP contribution is -2.47. The summed E-state index contributed by atoms with van der Waals surface area (Å²) in [6.07, 6.45) is 1.89.